The van der Waals surface area contributed by atoms with Gasteiger partial charge < -0.3 is 15.7 Å². The molecule has 134 valence electrons. The summed E-state index contributed by atoms with van der Waals surface area (Å²) >= 11 is 3.35. The second-order valence-corrected chi connectivity index (χ2v) is 6.57. The van der Waals surface area contributed by atoms with Gasteiger partial charge in [-0.05, 0) is 35.7 Å². The summed E-state index contributed by atoms with van der Waals surface area (Å²) in [5.74, 6) is 0.407. The van der Waals surface area contributed by atoms with E-state index < -0.39 is 0 Å². The van der Waals surface area contributed by atoms with Crippen LogP contribution in [0.15, 0.2) is 58.0 Å². The molecule has 0 spiro atoms. The monoisotopic (exact) mass is 407 g/mol. The number of aliphatic hydroxyl groups is 1. The molecule has 0 bridgehead atoms. The molecular formula is C19H23BrFN3O. The van der Waals surface area contributed by atoms with E-state index >= 15 is 0 Å². The smallest absolute Gasteiger partial charge is 0.191 e. The molecule has 0 heterocycles. The van der Waals surface area contributed by atoms with Gasteiger partial charge in [-0.25, -0.2) is 4.39 Å². The maximum Gasteiger partial charge on any atom is 0.191 e. The van der Waals surface area contributed by atoms with Gasteiger partial charge in [-0.2, -0.15) is 0 Å². The number of rotatable bonds is 7. The Hall–Kier alpha value is -1.92. The number of benzene rings is 2. The van der Waals surface area contributed by atoms with Crippen LogP contribution in [0.4, 0.5) is 4.39 Å². The van der Waals surface area contributed by atoms with Gasteiger partial charge in [0.1, 0.15) is 5.82 Å². The second-order valence-electron chi connectivity index (χ2n) is 5.66. The summed E-state index contributed by atoms with van der Waals surface area (Å²) < 4.78 is 14.6. The van der Waals surface area contributed by atoms with Crippen molar-refractivity contribution in [2.75, 3.05) is 26.7 Å². The Morgan fingerprint density at radius 2 is 1.96 bits per heavy atom. The number of nitrogens with zero attached hydrogens (tertiary/aromatic N) is 1. The zero-order chi connectivity index (χ0) is 18.1. The molecule has 0 aromatic heterocycles. The summed E-state index contributed by atoms with van der Waals surface area (Å²) in [7, 11) is 1.69. The van der Waals surface area contributed by atoms with Crippen molar-refractivity contribution in [2.24, 2.45) is 4.99 Å². The van der Waals surface area contributed by atoms with Crippen molar-refractivity contribution in [1.29, 1.82) is 0 Å². The van der Waals surface area contributed by atoms with Gasteiger partial charge in [-0.15, -0.1) is 0 Å². The fourth-order valence-electron chi connectivity index (χ4n) is 2.50. The summed E-state index contributed by atoms with van der Waals surface area (Å²) in [5.41, 5.74) is 1.72. The lowest BCUT2D eigenvalue weighted by Gasteiger charge is -2.18. The first-order valence-corrected chi connectivity index (χ1v) is 8.97. The molecule has 2 aromatic rings. The van der Waals surface area contributed by atoms with Crippen LogP contribution in [-0.4, -0.2) is 37.8 Å². The largest absolute Gasteiger partial charge is 0.396 e. The average molecular weight is 408 g/mol. The van der Waals surface area contributed by atoms with Crippen molar-refractivity contribution in [1.82, 2.24) is 10.6 Å². The van der Waals surface area contributed by atoms with Crippen LogP contribution in [0.5, 0.6) is 0 Å². The number of aliphatic imine (C=N–C) groups is 1. The highest BCUT2D eigenvalue weighted by Gasteiger charge is 2.11. The molecule has 1 atom stereocenters. The first-order valence-electron chi connectivity index (χ1n) is 8.18. The molecule has 1 unspecified atom stereocenters. The molecule has 4 nitrogen and oxygen atoms in total. The number of aliphatic hydroxyl groups excluding tert-OH is 1. The Labute approximate surface area is 156 Å². The van der Waals surface area contributed by atoms with Gasteiger partial charge in [0.25, 0.3) is 0 Å². The van der Waals surface area contributed by atoms with Gasteiger partial charge in [-0.3, -0.25) is 4.99 Å². The van der Waals surface area contributed by atoms with Crippen LogP contribution in [0.1, 0.15) is 17.0 Å². The fourth-order valence-corrected chi connectivity index (χ4v) is 2.91. The number of hydrogen-bond donors (Lipinski definition) is 3. The van der Waals surface area contributed by atoms with Gasteiger partial charge in [0.15, 0.2) is 5.96 Å². The third-order valence-corrected chi connectivity index (χ3v) is 4.42. The molecule has 0 aliphatic carbocycles. The van der Waals surface area contributed by atoms with E-state index in [4.69, 9.17) is 0 Å². The predicted molar refractivity (Wildman–Crippen MR) is 103 cm³/mol. The van der Waals surface area contributed by atoms with E-state index in [1.165, 1.54) is 6.07 Å². The first-order chi connectivity index (χ1) is 12.1. The van der Waals surface area contributed by atoms with E-state index in [-0.39, 0.29) is 18.3 Å². The second kappa shape index (κ2) is 10.2. The first kappa shape index (κ1) is 19.4. The predicted octanol–water partition coefficient (Wildman–Crippen LogP) is 3.07. The third kappa shape index (κ3) is 6.14. The molecule has 2 aromatic carbocycles. The summed E-state index contributed by atoms with van der Waals surface area (Å²) in [6, 6.07) is 14.8. The highest BCUT2D eigenvalue weighted by atomic mass is 79.9. The molecule has 0 amide bonds. The standard InChI is InChI=1S/C19H23BrFN3O/c1-22-19(23-10-9-15-11-17(20)7-8-18(15)21)24-12-16(13-25)14-5-3-2-4-6-14/h2-8,11,16,25H,9-10,12-13H2,1H3,(H2,22,23,24). The highest BCUT2D eigenvalue weighted by molar-refractivity contribution is 9.10. The zero-order valence-corrected chi connectivity index (χ0v) is 15.8. The topological polar surface area (TPSA) is 56.7 Å². The minimum absolute atomic E-state index is 0.0118. The molecule has 0 aliphatic rings. The molecule has 0 saturated heterocycles. The summed E-state index contributed by atoms with van der Waals surface area (Å²) in [4.78, 5) is 4.17. The summed E-state index contributed by atoms with van der Waals surface area (Å²) in [6.45, 7) is 1.17. The van der Waals surface area contributed by atoms with Crippen LogP contribution in [0.3, 0.4) is 0 Å². The van der Waals surface area contributed by atoms with Crippen LogP contribution in [-0.2, 0) is 6.42 Å². The van der Waals surface area contributed by atoms with Crippen molar-refractivity contribution in [2.45, 2.75) is 12.3 Å². The van der Waals surface area contributed by atoms with Gasteiger partial charge in [0.05, 0.1) is 6.61 Å². The summed E-state index contributed by atoms with van der Waals surface area (Å²) in [5, 5.41) is 16.0. The van der Waals surface area contributed by atoms with Crippen LogP contribution < -0.4 is 10.6 Å². The summed E-state index contributed by atoms with van der Waals surface area (Å²) in [6.07, 6.45) is 0.550. The SMILES string of the molecule is CN=C(NCCc1cc(Br)ccc1F)NCC(CO)c1ccccc1. The van der Waals surface area contributed by atoms with E-state index in [9.17, 15) is 9.50 Å². The maximum atomic E-state index is 13.7. The lowest BCUT2D eigenvalue weighted by Crippen LogP contribution is -2.40. The fraction of sp³-hybridized carbons (Fsp3) is 0.316. The van der Waals surface area contributed by atoms with E-state index in [1.54, 1.807) is 19.2 Å². The molecule has 6 heteroatoms. The molecule has 0 radical (unpaired) electrons. The molecule has 2 rings (SSSR count). The van der Waals surface area contributed by atoms with Crippen LogP contribution in [0.25, 0.3) is 0 Å². The van der Waals surface area contributed by atoms with Gasteiger partial charge in [0, 0.05) is 30.5 Å². The third-order valence-electron chi connectivity index (χ3n) is 3.93. The van der Waals surface area contributed by atoms with Crippen molar-refractivity contribution >= 4 is 21.9 Å². The number of guanidine groups is 1. The van der Waals surface area contributed by atoms with Crippen LogP contribution >= 0.6 is 15.9 Å². The Morgan fingerprint density at radius 1 is 1.20 bits per heavy atom. The molecule has 0 fully saturated rings. The Kier molecular flexibility index (Phi) is 7.88. The molecule has 0 aliphatic heterocycles. The highest BCUT2D eigenvalue weighted by Crippen LogP contribution is 2.16. The van der Waals surface area contributed by atoms with E-state index in [0.29, 0.717) is 31.0 Å². The van der Waals surface area contributed by atoms with E-state index in [0.717, 1.165) is 10.0 Å². The quantitative estimate of drug-likeness (QED) is 0.488. The number of hydrogen-bond acceptors (Lipinski definition) is 2. The minimum Gasteiger partial charge on any atom is -0.396 e. The number of nitrogens with one attached hydrogen (secondary N) is 2. The van der Waals surface area contributed by atoms with Gasteiger partial charge in [-0.1, -0.05) is 46.3 Å². The van der Waals surface area contributed by atoms with Gasteiger partial charge >= 0.3 is 0 Å². The Morgan fingerprint density at radius 3 is 2.64 bits per heavy atom. The Balaban J connectivity index is 1.83. The molecule has 25 heavy (non-hydrogen) atoms. The van der Waals surface area contributed by atoms with Crippen molar-refractivity contribution in [3.63, 3.8) is 0 Å². The lowest BCUT2D eigenvalue weighted by molar-refractivity contribution is 0.265. The lowest BCUT2D eigenvalue weighted by atomic mass is 10.0. The molecular weight excluding hydrogens is 385 g/mol. The van der Waals surface area contributed by atoms with Crippen molar-refractivity contribution < 1.29 is 9.50 Å². The average Bonchev–Trinajstić information content (AvgIpc) is 2.64. The Bertz CT molecular complexity index is 694. The van der Waals surface area contributed by atoms with Crippen LogP contribution in [0, 0.1) is 5.82 Å². The molecule has 0 saturated carbocycles. The van der Waals surface area contributed by atoms with Gasteiger partial charge in [0.2, 0.25) is 0 Å². The minimum atomic E-state index is -0.211. The maximum absolute atomic E-state index is 13.7. The van der Waals surface area contributed by atoms with Crippen molar-refractivity contribution in [3.8, 4) is 0 Å². The zero-order valence-electron chi connectivity index (χ0n) is 14.2. The van der Waals surface area contributed by atoms with Crippen LogP contribution in [0.2, 0.25) is 0 Å². The van der Waals surface area contributed by atoms with E-state index in [1.807, 2.05) is 30.3 Å². The normalized spacial score (nSPS) is 12.7. The van der Waals surface area contributed by atoms with E-state index in [2.05, 4.69) is 31.6 Å². The number of halogens is 2. The van der Waals surface area contributed by atoms with Crippen molar-refractivity contribution in [3.05, 3.63) is 69.9 Å². The molecule has 3 N–H and O–H groups in total.